The largest absolute Gasteiger partial charge is 0.465 e. The highest BCUT2D eigenvalue weighted by Gasteiger charge is 2.23. The molecule has 0 radical (unpaired) electrons. The predicted octanol–water partition coefficient (Wildman–Crippen LogP) is 1.72. The number of methoxy groups -OCH3 is 1. The fraction of sp³-hybridized carbons (Fsp3) is 0.357. The number of carbonyl (C=O) groups is 1. The van der Waals surface area contributed by atoms with Gasteiger partial charge < -0.3 is 9.64 Å². The first-order valence-electron chi connectivity index (χ1n) is 6.46. The van der Waals surface area contributed by atoms with Crippen LogP contribution in [-0.2, 0) is 4.74 Å². The summed E-state index contributed by atoms with van der Waals surface area (Å²) in [5.41, 5.74) is 1.49. The molecular formula is C14H14BN3O2. The van der Waals surface area contributed by atoms with E-state index >= 15 is 0 Å². The number of hydrogen-bond acceptors (Lipinski definition) is 5. The highest BCUT2D eigenvalue weighted by molar-refractivity contribution is 6.67. The first-order chi connectivity index (χ1) is 9.69. The molecule has 0 amide bonds. The Kier molecular flexibility index (Phi) is 4.27. The molecule has 0 atom stereocenters. The van der Waals surface area contributed by atoms with E-state index in [1.165, 1.54) is 7.11 Å². The van der Waals surface area contributed by atoms with Crippen molar-refractivity contribution in [1.82, 2.24) is 0 Å². The Bertz CT molecular complexity index is 595. The van der Waals surface area contributed by atoms with Gasteiger partial charge in [-0.3, -0.25) is 0 Å². The van der Waals surface area contributed by atoms with Gasteiger partial charge in [0.1, 0.15) is 6.07 Å². The predicted molar refractivity (Wildman–Crippen MR) is 75.7 cm³/mol. The molecule has 0 unspecified atom stereocenters. The van der Waals surface area contributed by atoms with Crippen LogP contribution in [0.1, 0.15) is 15.9 Å². The monoisotopic (exact) mass is 267 g/mol. The molecule has 1 fully saturated rings. The van der Waals surface area contributed by atoms with E-state index in [9.17, 15) is 4.79 Å². The van der Waals surface area contributed by atoms with Crippen molar-refractivity contribution in [2.24, 2.45) is 0 Å². The second-order valence-corrected chi connectivity index (χ2v) is 4.72. The third-order valence-electron chi connectivity index (χ3n) is 3.57. The van der Waals surface area contributed by atoms with E-state index in [1.54, 1.807) is 12.1 Å². The molecule has 2 rings (SSSR count). The van der Waals surface area contributed by atoms with Crippen LogP contribution in [0.3, 0.4) is 0 Å². The van der Waals surface area contributed by atoms with Gasteiger partial charge in [0.15, 0.2) is 0 Å². The average molecular weight is 267 g/mol. The Morgan fingerprint density at radius 3 is 2.60 bits per heavy atom. The van der Waals surface area contributed by atoms with E-state index in [-0.39, 0.29) is 12.3 Å². The summed E-state index contributed by atoms with van der Waals surface area (Å²) < 4.78 is 4.70. The summed E-state index contributed by atoms with van der Waals surface area (Å²) >= 11 is 0. The molecule has 0 saturated carbocycles. The van der Waals surface area contributed by atoms with E-state index in [0.717, 1.165) is 31.4 Å². The Hall–Kier alpha value is -2.47. The first-order valence-corrected chi connectivity index (χ1v) is 6.46. The second-order valence-electron chi connectivity index (χ2n) is 4.72. The standard InChI is InChI=1S/C14H14BN3O2/c1-20-14(19)13-8-12(3-2-11(13)9-16)18-6-4-15(10-17)5-7-18/h2-3,8H,4-7H2,1H3. The zero-order chi connectivity index (χ0) is 14.5. The van der Waals surface area contributed by atoms with Gasteiger partial charge in [0.05, 0.1) is 18.2 Å². The van der Waals surface area contributed by atoms with Crippen molar-refractivity contribution < 1.29 is 9.53 Å². The van der Waals surface area contributed by atoms with Gasteiger partial charge in [0, 0.05) is 24.7 Å². The van der Waals surface area contributed by atoms with Crippen molar-refractivity contribution in [1.29, 1.82) is 10.5 Å². The van der Waals surface area contributed by atoms with Crippen LogP contribution in [0.4, 0.5) is 5.69 Å². The minimum absolute atomic E-state index is 0.115. The van der Waals surface area contributed by atoms with Crippen LogP contribution >= 0.6 is 0 Å². The molecule has 1 saturated heterocycles. The Morgan fingerprint density at radius 2 is 2.05 bits per heavy atom. The van der Waals surface area contributed by atoms with Gasteiger partial charge in [-0.2, -0.15) is 5.26 Å². The van der Waals surface area contributed by atoms with E-state index in [0.29, 0.717) is 5.56 Å². The van der Waals surface area contributed by atoms with Gasteiger partial charge in [0.2, 0.25) is 0 Å². The fourth-order valence-electron chi connectivity index (χ4n) is 2.37. The van der Waals surface area contributed by atoms with E-state index in [4.69, 9.17) is 15.3 Å². The molecule has 1 aromatic carbocycles. The molecule has 0 aromatic heterocycles. The summed E-state index contributed by atoms with van der Waals surface area (Å²) in [6.07, 6.45) is 1.65. The number of ether oxygens (including phenoxy) is 1. The summed E-state index contributed by atoms with van der Waals surface area (Å²) in [4.78, 5) is 13.8. The zero-order valence-electron chi connectivity index (χ0n) is 11.3. The maximum absolute atomic E-state index is 11.7. The number of nitriles is 2. The quantitative estimate of drug-likeness (QED) is 0.602. The third-order valence-corrected chi connectivity index (χ3v) is 3.57. The van der Waals surface area contributed by atoms with Crippen molar-refractivity contribution in [3.8, 4) is 12.0 Å². The number of benzene rings is 1. The lowest BCUT2D eigenvalue weighted by molar-refractivity contribution is 0.0600. The van der Waals surface area contributed by atoms with Gasteiger partial charge >= 0.3 is 5.97 Å². The summed E-state index contributed by atoms with van der Waals surface area (Å²) in [6.45, 7) is 1.68. The molecule has 1 aliphatic heterocycles. The summed E-state index contributed by atoms with van der Waals surface area (Å²) in [7, 11) is 1.30. The van der Waals surface area contributed by atoms with Crippen molar-refractivity contribution >= 4 is 18.4 Å². The number of rotatable bonds is 2. The van der Waals surface area contributed by atoms with E-state index < -0.39 is 5.97 Å². The molecule has 0 bridgehead atoms. The van der Waals surface area contributed by atoms with Crippen molar-refractivity contribution in [2.75, 3.05) is 25.1 Å². The normalized spacial score (nSPS) is 14.3. The van der Waals surface area contributed by atoms with Crippen molar-refractivity contribution in [3.63, 3.8) is 0 Å². The lowest BCUT2D eigenvalue weighted by Gasteiger charge is -2.30. The summed E-state index contributed by atoms with van der Waals surface area (Å²) in [5, 5.41) is 17.9. The van der Waals surface area contributed by atoms with Crippen LogP contribution in [0, 0.1) is 22.6 Å². The zero-order valence-corrected chi connectivity index (χ0v) is 11.3. The topological polar surface area (TPSA) is 77.1 Å². The molecule has 0 aliphatic carbocycles. The number of nitrogens with zero attached hydrogens (tertiary/aromatic N) is 3. The molecule has 0 spiro atoms. The van der Waals surface area contributed by atoms with Crippen LogP contribution in [0.5, 0.6) is 0 Å². The molecule has 0 N–H and O–H groups in total. The minimum Gasteiger partial charge on any atom is -0.465 e. The van der Waals surface area contributed by atoms with Gasteiger partial charge in [0.25, 0.3) is 6.71 Å². The third kappa shape index (κ3) is 2.75. The molecule has 100 valence electrons. The summed E-state index contributed by atoms with van der Waals surface area (Å²) in [5.74, 6) is 1.78. The Labute approximate surface area is 118 Å². The minimum atomic E-state index is -0.504. The van der Waals surface area contributed by atoms with Gasteiger partial charge in [-0.25, -0.2) is 10.1 Å². The van der Waals surface area contributed by atoms with Gasteiger partial charge in [-0.05, 0) is 30.8 Å². The lowest BCUT2D eigenvalue weighted by atomic mass is 9.45. The highest BCUT2D eigenvalue weighted by atomic mass is 16.5. The molecular weight excluding hydrogens is 253 g/mol. The Morgan fingerprint density at radius 1 is 1.35 bits per heavy atom. The molecule has 1 aromatic rings. The number of anilines is 1. The van der Waals surface area contributed by atoms with Crippen LogP contribution in [0.2, 0.25) is 12.6 Å². The SMILES string of the molecule is COC(=O)c1cc(N2CCB(C#N)CC2)ccc1C#N. The van der Waals surface area contributed by atoms with Crippen molar-refractivity contribution in [2.45, 2.75) is 12.6 Å². The number of hydrogen-bond donors (Lipinski definition) is 0. The second kappa shape index (κ2) is 6.12. The molecule has 1 aliphatic rings. The summed E-state index contributed by atoms with van der Waals surface area (Å²) in [6, 6.07) is 7.15. The maximum Gasteiger partial charge on any atom is 0.339 e. The van der Waals surface area contributed by atoms with Crippen LogP contribution in [-0.4, -0.2) is 32.9 Å². The Balaban J connectivity index is 2.24. The van der Waals surface area contributed by atoms with Crippen LogP contribution < -0.4 is 4.90 Å². The molecule has 6 heteroatoms. The average Bonchev–Trinajstić information content (AvgIpc) is 2.53. The van der Waals surface area contributed by atoms with Crippen LogP contribution in [0.25, 0.3) is 0 Å². The first kappa shape index (κ1) is 14.0. The smallest absolute Gasteiger partial charge is 0.339 e. The van der Waals surface area contributed by atoms with E-state index in [1.807, 2.05) is 12.1 Å². The molecule has 20 heavy (non-hydrogen) atoms. The van der Waals surface area contributed by atoms with Gasteiger partial charge in [-0.1, -0.05) is 0 Å². The molecule has 5 nitrogen and oxygen atoms in total. The van der Waals surface area contributed by atoms with Crippen LogP contribution in [0.15, 0.2) is 18.2 Å². The van der Waals surface area contributed by atoms with E-state index in [2.05, 4.69) is 10.9 Å². The maximum atomic E-state index is 11.7. The molecule has 1 heterocycles. The lowest BCUT2D eigenvalue weighted by Crippen LogP contribution is -2.36. The fourth-order valence-corrected chi connectivity index (χ4v) is 2.37. The number of carbonyl (C=O) groups excluding carboxylic acids is 1. The van der Waals surface area contributed by atoms with Crippen molar-refractivity contribution in [3.05, 3.63) is 29.3 Å². The van der Waals surface area contributed by atoms with Gasteiger partial charge in [-0.15, -0.1) is 0 Å². The number of esters is 1. The highest BCUT2D eigenvalue weighted by Crippen LogP contribution is 2.23.